The molecular weight excluding hydrogens is 398 g/mol. The minimum absolute atomic E-state index is 0.148. The third kappa shape index (κ3) is 2.59. The maximum Gasteiger partial charge on any atom is 0.160 e. The molecule has 5 heterocycles. The van der Waals surface area contributed by atoms with Crippen LogP contribution in [0.25, 0.3) is 5.65 Å². The van der Waals surface area contributed by atoms with Gasteiger partial charge in [-0.15, -0.1) is 0 Å². The fourth-order valence-electron chi connectivity index (χ4n) is 6.56. The van der Waals surface area contributed by atoms with Crippen molar-refractivity contribution >= 4 is 11.3 Å². The first-order chi connectivity index (χ1) is 15.2. The van der Waals surface area contributed by atoms with Crippen LogP contribution >= 0.6 is 0 Å². The number of hydrogen-bond donors (Lipinski definition) is 1. The molecule has 4 fully saturated rings. The molecule has 3 aliphatic heterocycles. The molecule has 1 aliphatic carbocycles. The van der Waals surface area contributed by atoms with E-state index < -0.39 is 0 Å². The Morgan fingerprint density at radius 2 is 1.88 bits per heavy atom. The number of rotatable bonds is 4. The molecule has 0 radical (unpaired) electrons. The monoisotopic (exact) mass is 431 g/mol. The number of pyridine rings is 1. The number of benzene rings is 1. The highest BCUT2D eigenvalue weighted by Gasteiger charge is 2.73. The largest absolute Gasteiger partial charge is 0.369 e. The van der Waals surface area contributed by atoms with Gasteiger partial charge in [0.1, 0.15) is 0 Å². The summed E-state index contributed by atoms with van der Waals surface area (Å²) >= 11 is 0. The maximum absolute atomic E-state index is 6.39. The average Bonchev–Trinajstić information content (AvgIpc) is 3.46. The number of hydrogen-bond acceptors (Lipinski definition) is 5. The van der Waals surface area contributed by atoms with Crippen molar-refractivity contribution < 1.29 is 4.74 Å². The minimum atomic E-state index is -0.305. The molecule has 0 unspecified atom stereocenters. The Balaban J connectivity index is 1.34. The fourth-order valence-corrected chi connectivity index (χ4v) is 6.56. The zero-order valence-electron chi connectivity index (χ0n) is 19.6. The molecule has 2 N–H and O–H groups in total. The van der Waals surface area contributed by atoms with Crippen LogP contribution in [-0.4, -0.2) is 45.4 Å². The van der Waals surface area contributed by atoms with Gasteiger partial charge in [0.2, 0.25) is 0 Å². The summed E-state index contributed by atoms with van der Waals surface area (Å²) in [6.07, 6.45) is 5.12. The van der Waals surface area contributed by atoms with Crippen molar-refractivity contribution in [1.82, 2.24) is 14.6 Å². The second kappa shape index (κ2) is 6.33. The Morgan fingerprint density at radius 1 is 1.12 bits per heavy atom. The summed E-state index contributed by atoms with van der Waals surface area (Å²) in [5.41, 5.74) is 10.3. The number of nitrogens with two attached hydrogens (primary N) is 1. The summed E-state index contributed by atoms with van der Waals surface area (Å²) in [5, 5.41) is 5.01. The highest BCUT2D eigenvalue weighted by molar-refractivity contribution is 5.58. The number of nitrogens with zero attached hydrogens (tertiary/aromatic N) is 4. The third-order valence-electron chi connectivity index (χ3n) is 8.58. The molecule has 1 atom stereocenters. The molecule has 7 rings (SSSR count). The summed E-state index contributed by atoms with van der Waals surface area (Å²) in [5.74, 6) is 0.903. The van der Waals surface area contributed by atoms with E-state index in [1.165, 1.54) is 11.3 Å². The van der Waals surface area contributed by atoms with Crippen molar-refractivity contribution in [3.05, 3.63) is 59.5 Å². The standard InChI is InChI=1S/C26H33N5O/c1-18-12-20(30-11-10-24(4,17-30)19-8-6-5-7-9-19)13-31-21(18)28-22(29-31)26-14-25(15-26,16-27)32-23(26,2)3/h5-9,12-13H,10-11,14-17,27H2,1-4H3/t24-,25?,26?/m0/s1. The van der Waals surface area contributed by atoms with Crippen LogP contribution in [0.5, 0.6) is 0 Å². The lowest BCUT2D eigenvalue weighted by atomic mass is 9.56. The summed E-state index contributed by atoms with van der Waals surface area (Å²) < 4.78 is 8.38. The number of anilines is 1. The second-order valence-electron chi connectivity index (χ2n) is 11.1. The Hall–Kier alpha value is -2.44. The van der Waals surface area contributed by atoms with E-state index in [0.717, 1.165) is 49.4 Å². The van der Waals surface area contributed by atoms with Crippen LogP contribution < -0.4 is 10.6 Å². The van der Waals surface area contributed by atoms with E-state index in [2.05, 4.69) is 75.2 Å². The van der Waals surface area contributed by atoms with Crippen LogP contribution in [0.2, 0.25) is 0 Å². The molecule has 1 aromatic carbocycles. The van der Waals surface area contributed by atoms with E-state index in [1.54, 1.807) is 0 Å². The van der Waals surface area contributed by atoms with Crippen molar-refractivity contribution in [2.24, 2.45) is 5.73 Å². The van der Waals surface area contributed by atoms with Crippen molar-refractivity contribution in [1.29, 1.82) is 0 Å². The predicted octanol–water partition coefficient (Wildman–Crippen LogP) is 3.74. The van der Waals surface area contributed by atoms with Gasteiger partial charge in [0, 0.05) is 25.0 Å². The summed E-state index contributed by atoms with van der Waals surface area (Å²) in [6.45, 7) is 11.5. The van der Waals surface area contributed by atoms with Gasteiger partial charge < -0.3 is 15.4 Å². The number of ether oxygens (including phenoxy) is 1. The molecule has 0 amide bonds. The molecule has 3 saturated heterocycles. The molecule has 0 spiro atoms. The SMILES string of the molecule is Cc1cc(N2CC[C@](C)(c3ccccc3)C2)cn2nc(C34CC(CN)(C3)OC4(C)C)nc12. The molecule has 3 aromatic rings. The lowest BCUT2D eigenvalue weighted by Gasteiger charge is -2.44. The van der Waals surface area contributed by atoms with Crippen LogP contribution in [-0.2, 0) is 15.6 Å². The Morgan fingerprint density at radius 3 is 2.56 bits per heavy atom. The van der Waals surface area contributed by atoms with Gasteiger partial charge >= 0.3 is 0 Å². The van der Waals surface area contributed by atoms with Gasteiger partial charge in [0.25, 0.3) is 0 Å². The Kier molecular flexibility index (Phi) is 3.99. The van der Waals surface area contributed by atoms with Gasteiger partial charge in [-0.1, -0.05) is 37.3 Å². The number of aromatic nitrogens is 3. The fraction of sp³-hybridized carbons (Fsp3) is 0.538. The minimum Gasteiger partial charge on any atom is -0.369 e. The average molecular weight is 432 g/mol. The number of aryl methyl sites for hydroxylation is 1. The van der Waals surface area contributed by atoms with Gasteiger partial charge in [-0.25, -0.2) is 9.50 Å². The van der Waals surface area contributed by atoms with E-state index >= 15 is 0 Å². The smallest absolute Gasteiger partial charge is 0.160 e. The van der Waals surface area contributed by atoms with Crippen LogP contribution in [0, 0.1) is 6.92 Å². The molecule has 2 bridgehead atoms. The second-order valence-corrected chi connectivity index (χ2v) is 11.1. The van der Waals surface area contributed by atoms with Crippen molar-refractivity contribution in [2.75, 3.05) is 24.5 Å². The zero-order valence-corrected chi connectivity index (χ0v) is 19.6. The first-order valence-corrected chi connectivity index (χ1v) is 11.8. The molecule has 6 nitrogen and oxygen atoms in total. The highest BCUT2D eigenvalue weighted by atomic mass is 16.5. The van der Waals surface area contributed by atoms with Crippen LogP contribution in [0.15, 0.2) is 42.6 Å². The van der Waals surface area contributed by atoms with Crippen LogP contribution in [0.3, 0.4) is 0 Å². The molecule has 4 aliphatic rings. The lowest BCUT2D eigenvalue weighted by molar-refractivity contribution is -0.0488. The van der Waals surface area contributed by atoms with Gasteiger partial charge in [0.15, 0.2) is 11.5 Å². The molecule has 6 heteroatoms. The summed E-state index contributed by atoms with van der Waals surface area (Å²) in [4.78, 5) is 7.51. The predicted molar refractivity (Wildman–Crippen MR) is 126 cm³/mol. The van der Waals surface area contributed by atoms with Gasteiger partial charge in [0.05, 0.1) is 28.5 Å². The van der Waals surface area contributed by atoms with E-state index in [9.17, 15) is 0 Å². The number of fused-ring (bicyclic) bond motifs is 2. The van der Waals surface area contributed by atoms with Crippen LogP contribution in [0.4, 0.5) is 5.69 Å². The molecule has 32 heavy (non-hydrogen) atoms. The van der Waals surface area contributed by atoms with Crippen molar-refractivity contribution in [3.63, 3.8) is 0 Å². The van der Waals surface area contributed by atoms with E-state index in [-0.39, 0.29) is 22.0 Å². The first kappa shape index (κ1) is 20.2. The van der Waals surface area contributed by atoms with Gasteiger partial charge in [-0.2, -0.15) is 5.10 Å². The summed E-state index contributed by atoms with van der Waals surface area (Å²) in [7, 11) is 0. The zero-order chi connectivity index (χ0) is 22.4. The molecule has 2 aromatic heterocycles. The first-order valence-electron chi connectivity index (χ1n) is 11.8. The summed E-state index contributed by atoms with van der Waals surface area (Å²) in [6, 6.07) is 13.2. The Labute approximate surface area is 189 Å². The van der Waals surface area contributed by atoms with Crippen LogP contribution in [0.1, 0.15) is 57.0 Å². The van der Waals surface area contributed by atoms with Gasteiger partial charge in [-0.3, -0.25) is 0 Å². The van der Waals surface area contributed by atoms with E-state index in [0.29, 0.717) is 6.54 Å². The molecular formula is C26H33N5O. The molecule has 1 saturated carbocycles. The van der Waals surface area contributed by atoms with E-state index in [4.69, 9.17) is 20.6 Å². The lowest BCUT2D eigenvalue weighted by Crippen LogP contribution is -2.54. The molecule has 168 valence electrons. The quantitative estimate of drug-likeness (QED) is 0.682. The van der Waals surface area contributed by atoms with E-state index in [1.807, 2.05) is 4.52 Å². The maximum atomic E-state index is 6.39. The van der Waals surface area contributed by atoms with Crippen molar-refractivity contribution in [2.45, 2.75) is 69.0 Å². The normalized spacial score (nSPS) is 33.1. The Bertz CT molecular complexity index is 1190. The van der Waals surface area contributed by atoms with Gasteiger partial charge in [-0.05, 0) is 57.2 Å². The topological polar surface area (TPSA) is 68.7 Å². The highest BCUT2D eigenvalue weighted by Crippen LogP contribution is 2.66. The third-order valence-corrected chi connectivity index (χ3v) is 8.58. The van der Waals surface area contributed by atoms with Crippen molar-refractivity contribution in [3.8, 4) is 0 Å².